The van der Waals surface area contributed by atoms with E-state index >= 15 is 0 Å². The van der Waals surface area contributed by atoms with Crippen molar-refractivity contribution in [2.75, 3.05) is 6.54 Å². The number of benzene rings is 1. The van der Waals surface area contributed by atoms with Crippen LogP contribution >= 0.6 is 0 Å². The molecular weight excluding hydrogens is 206 g/mol. The lowest BCUT2D eigenvalue weighted by Gasteiger charge is -2.07. The summed E-state index contributed by atoms with van der Waals surface area (Å²) in [6, 6.07) is 7.64. The molecule has 6 nitrogen and oxygen atoms in total. The molecule has 0 aliphatic carbocycles. The minimum atomic E-state index is -0.513. The van der Waals surface area contributed by atoms with Crippen LogP contribution in [0.1, 0.15) is 5.56 Å². The number of aliphatic hydroxyl groups is 1. The predicted octanol–water partition coefficient (Wildman–Crippen LogP) is -0.271. The first kappa shape index (κ1) is 10.7. The third kappa shape index (κ3) is 2.41. The molecule has 2 rings (SSSR count). The number of hydrogen-bond acceptors (Lipinski definition) is 5. The van der Waals surface area contributed by atoms with Gasteiger partial charge in [-0.25, -0.2) is 0 Å². The SMILES string of the molecule is NCC(O)Cc1cccc(-c2nn[nH]n2)c1. The van der Waals surface area contributed by atoms with E-state index in [1.165, 1.54) is 0 Å². The molecule has 6 heteroatoms. The lowest BCUT2D eigenvalue weighted by atomic mass is 10.0. The first-order chi connectivity index (χ1) is 7.79. The van der Waals surface area contributed by atoms with Gasteiger partial charge >= 0.3 is 0 Å². The minimum absolute atomic E-state index is 0.256. The maximum atomic E-state index is 9.46. The molecule has 0 fully saturated rings. The Morgan fingerprint density at radius 1 is 1.44 bits per heavy atom. The molecule has 1 atom stereocenters. The maximum absolute atomic E-state index is 9.46. The second-order valence-electron chi connectivity index (χ2n) is 3.53. The number of aliphatic hydroxyl groups excluding tert-OH is 1. The Bertz CT molecular complexity index is 442. The summed E-state index contributed by atoms with van der Waals surface area (Å²) in [4.78, 5) is 0. The third-order valence-electron chi connectivity index (χ3n) is 2.27. The largest absolute Gasteiger partial charge is 0.391 e. The molecule has 1 aromatic heterocycles. The minimum Gasteiger partial charge on any atom is -0.391 e. The van der Waals surface area contributed by atoms with Crippen molar-refractivity contribution in [2.45, 2.75) is 12.5 Å². The summed E-state index contributed by atoms with van der Waals surface area (Å²) in [7, 11) is 0. The summed E-state index contributed by atoms with van der Waals surface area (Å²) in [6.45, 7) is 0.256. The van der Waals surface area contributed by atoms with E-state index in [-0.39, 0.29) is 6.54 Å². The normalized spacial score (nSPS) is 12.6. The van der Waals surface area contributed by atoms with Crippen LogP contribution in [-0.2, 0) is 6.42 Å². The molecule has 0 saturated heterocycles. The molecule has 0 aliphatic heterocycles. The van der Waals surface area contributed by atoms with E-state index in [1.54, 1.807) is 0 Å². The van der Waals surface area contributed by atoms with E-state index in [4.69, 9.17) is 5.73 Å². The van der Waals surface area contributed by atoms with Gasteiger partial charge in [0.2, 0.25) is 5.82 Å². The molecule has 4 N–H and O–H groups in total. The van der Waals surface area contributed by atoms with Crippen LogP contribution in [-0.4, -0.2) is 38.4 Å². The van der Waals surface area contributed by atoms with Gasteiger partial charge in [-0.1, -0.05) is 18.2 Å². The summed E-state index contributed by atoms with van der Waals surface area (Å²) in [5.74, 6) is 0.545. The average molecular weight is 219 g/mol. The Balaban J connectivity index is 2.20. The van der Waals surface area contributed by atoms with Gasteiger partial charge in [-0.3, -0.25) is 0 Å². The van der Waals surface area contributed by atoms with Crippen molar-refractivity contribution in [1.82, 2.24) is 20.6 Å². The fourth-order valence-corrected chi connectivity index (χ4v) is 1.48. The van der Waals surface area contributed by atoms with Gasteiger partial charge in [-0.05, 0) is 23.3 Å². The number of H-pyrrole nitrogens is 1. The van der Waals surface area contributed by atoms with Crippen LogP contribution < -0.4 is 5.73 Å². The van der Waals surface area contributed by atoms with E-state index in [2.05, 4.69) is 20.6 Å². The molecule has 1 unspecified atom stereocenters. The van der Waals surface area contributed by atoms with Crippen LogP contribution in [0.5, 0.6) is 0 Å². The number of aromatic nitrogens is 4. The molecule has 0 aliphatic rings. The van der Waals surface area contributed by atoms with Crippen molar-refractivity contribution >= 4 is 0 Å². The Morgan fingerprint density at radius 2 is 2.31 bits per heavy atom. The van der Waals surface area contributed by atoms with Crippen molar-refractivity contribution in [3.63, 3.8) is 0 Å². The maximum Gasteiger partial charge on any atom is 0.204 e. The predicted molar refractivity (Wildman–Crippen MR) is 58.4 cm³/mol. The molecule has 1 aromatic carbocycles. The van der Waals surface area contributed by atoms with Gasteiger partial charge in [-0.15, -0.1) is 10.2 Å². The smallest absolute Gasteiger partial charge is 0.204 e. The topological polar surface area (TPSA) is 101 Å². The van der Waals surface area contributed by atoms with Crippen LogP contribution in [0.25, 0.3) is 11.4 Å². The van der Waals surface area contributed by atoms with Gasteiger partial charge in [0.15, 0.2) is 0 Å². The number of aromatic amines is 1. The highest BCUT2D eigenvalue weighted by molar-refractivity contribution is 5.54. The van der Waals surface area contributed by atoms with E-state index in [0.717, 1.165) is 11.1 Å². The summed E-state index contributed by atoms with van der Waals surface area (Å²) >= 11 is 0. The molecule has 0 amide bonds. The number of nitrogens with zero attached hydrogens (tertiary/aromatic N) is 3. The van der Waals surface area contributed by atoms with Crippen molar-refractivity contribution in [3.05, 3.63) is 29.8 Å². The lowest BCUT2D eigenvalue weighted by molar-refractivity contribution is 0.183. The Kier molecular flexibility index (Phi) is 3.23. The van der Waals surface area contributed by atoms with Gasteiger partial charge in [-0.2, -0.15) is 5.21 Å². The van der Waals surface area contributed by atoms with Gasteiger partial charge in [0.05, 0.1) is 6.10 Å². The Hall–Kier alpha value is -1.79. The van der Waals surface area contributed by atoms with E-state index in [0.29, 0.717) is 12.2 Å². The van der Waals surface area contributed by atoms with E-state index < -0.39 is 6.10 Å². The molecule has 84 valence electrons. The summed E-state index contributed by atoms with van der Waals surface area (Å²) in [6.07, 6.45) is 0.0165. The number of rotatable bonds is 4. The second-order valence-corrected chi connectivity index (χ2v) is 3.53. The first-order valence-electron chi connectivity index (χ1n) is 5.00. The van der Waals surface area contributed by atoms with Crippen LogP contribution in [0.3, 0.4) is 0 Å². The molecular formula is C10H13N5O. The highest BCUT2D eigenvalue weighted by Gasteiger charge is 2.06. The van der Waals surface area contributed by atoms with Gasteiger partial charge in [0.25, 0.3) is 0 Å². The van der Waals surface area contributed by atoms with Crippen molar-refractivity contribution in [2.24, 2.45) is 5.73 Å². The van der Waals surface area contributed by atoms with E-state index in [1.807, 2.05) is 24.3 Å². The molecule has 16 heavy (non-hydrogen) atoms. The van der Waals surface area contributed by atoms with Crippen molar-refractivity contribution < 1.29 is 5.11 Å². The lowest BCUT2D eigenvalue weighted by Crippen LogP contribution is -2.21. The summed E-state index contributed by atoms with van der Waals surface area (Å²) in [5.41, 5.74) is 7.23. The second kappa shape index (κ2) is 4.82. The molecule has 0 radical (unpaired) electrons. The Labute approximate surface area is 92.5 Å². The first-order valence-corrected chi connectivity index (χ1v) is 5.00. The van der Waals surface area contributed by atoms with Gasteiger partial charge < -0.3 is 10.8 Å². The molecule has 0 spiro atoms. The highest BCUT2D eigenvalue weighted by Crippen LogP contribution is 2.15. The molecule has 2 aromatic rings. The fraction of sp³-hybridized carbons (Fsp3) is 0.300. The van der Waals surface area contributed by atoms with Crippen LogP contribution in [0.2, 0.25) is 0 Å². The van der Waals surface area contributed by atoms with Gasteiger partial charge in [0.1, 0.15) is 0 Å². The van der Waals surface area contributed by atoms with Crippen LogP contribution in [0.15, 0.2) is 24.3 Å². The van der Waals surface area contributed by atoms with E-state index in [9.17, 15) is 5.11 Å². The van der Waals surface area contributed by atoms with Crippen molar-refractivity contribution in [1.29, 1.82) is 0 Å². The zero-order chi connectivity index (χ0) is 11.4. The number of hydrogen-bond donors (Lipinski definition) is 3. The van der Waals surface area contributed by atoms with Gasteiger partial charge in [0, 0.05) is 12.1 Å². The molecule has 0 saturated carbocycles. The number of nitrogens with one attached hydrogen (secondary N) is 1. The third-order valence-corrected chi connectivity index (χ3v) is 2.27. The Morgan fingerprint density at radius 3 is 3.00 bits per heavy atom. The number of tetrazole rings is 1. The summed E-state index contributed by atoms with van der Waals surface area (Å²) in [5, 5.41) is 23.1. The zero-order valence-corrected chi connectivity index (χ0v) is 8.67. The molecule has 1 heterocycles. The zero-order valence-electron chi connectivity index (χ0n) is 8.67. The monoisotopic (exact) mass is 219 g/mol. The highest BCUT2D eigenvalue weighted by atomic mass is 16.3. The molecule has 0 bridgehead atoms. The number of nitrogens with two attached hydrogens (primary N) is 1. The van der Waals surface area contributed by atoms with Crippen LogP contribution in [0.4, 0.5) is 0 Å². The average Bonchev–Trinajstić information content (AvgIpc) is 2.83. The van der Waals surface area contributed by atoms with Crippen LogP contribution in [0, 0.1) is 0 Å². The standard InChI is InChI=1S/C10H13N5O/c11-6-9(16)5-7-2-1-3-8(4-7)10-12-14-15-13-10/h1-4,9,16H,5-6,11H2,(H,12,13,14,15). The fourth-order valence-electron chi connectivity index (χ4n) is 1.48. The van der Waals surface area contributed by atoms with Crippen molar-refractivity contribution in [3.8, 4) is 11.4 Å². The summed E-state index contributed by atoms with van der Waals surface area (Å²) < 4.78 is 0. The quantitative estimate of drug-likeness (QED) is 0.657.